The van der Waals surface area contributed by atoms with Crippen LogP contribution in [-0.4, -0.2) is 58.1 Å². The van der Waals surface area contributed by atoms with Crippen molar-refractivity contribution in [3.63, 3.8) is 0 Å². The van der Waals surface area contributed by atoms with Crippen LogP contribution in [0, 0.1) is 15.5 Å². The van der Waals surface area contributed by atoms with Crippen LogP contribution in [0.15, 0.2) is 36.4 Å². The van der Waals surface area contributed by atoms with E-state index in [9.17, 15) is 25.0 Å². The number of nitrogens with one attached hydrogen (secondary N) is 1. The summed E-state index contributed by atoms with van der Waals surface area (Å²) in [7, 11) is -1.06. The van der Waals surface area contributed by atoms with Crippen molar-refractivity contribution >= 4 is 24.6 Å². The number of rotatable bonds is 5. The third kappa shape index (κ3) is 3.66. The zero-order valence-corrected chi connectivity index (χ0v) is 15.8. The molecule has 0 saturated carbocycles. The molecule has 0 unspecified atom stereocenters. The number of nitro groups is 1. The number of non-ortho nitro benzene ring substituents is 1. The number of carbonyl (C=O) groups is 1. The monoisotopic (exact) mass is 411 g/mol. The number of benzene rings is 2. The van der Waals surface area contributed by atoms with Crippen LogP contribution >= 0.6 is 0 Å². The molecule has 0 aromatic heterocycles. The third-order valence-corrected chi connectivity index (χ3v) is 5.12. The highest BCUT2D eigenvalue weighted by Gasteiger charge is 2.35. The number of carboxylic acids is 1. The molecule has 10 nitrogen and oxygen atoms in total. The number of hydrogen-bond donors (Lipinski definition) is 3. The summed E-state index contributed by atoms with van der Waals surface area (Å²) in [4.78, 5) is 23.9. The molecule has 154 valence electrons. The van der Waals surface area contributed by atoms with E-state index in [1.807, 2.05) is 0 Å². The predicted octanol–water partition coefficient (Wildman–Crippen LogP) is 1.80. The SMILES string of the molecule is N=C(c1cccc([N+](=O)[O-])c1)N1CC(Oc2ccc3c(c2C(=O)O)OB(O)CC3)C1. The van der Waals surface area contributed by atoms with Crippen molar-refractivity contribution in [2.45, 2.75) is 18.8 Å². The molecule has 0 atom stereocenters. The lowest BCUT2D eigenvalue weighted by atomic mass is 9.78. The Hall–Kier alpha value is -3.60. The Morgan fingerprint density at radius 1 is 1.33 bits per heavy atom. The molecule has 4 rings (SSSR count). The average molecular weight is 411 g/mol. The first-order valence-electron chi connectivity index (χ1n) is 9.32. The number of likely N-dealkylation sites (tertiary alicyclic amines) is 1. The number of hydrogen-bond acceptors (Lipinski definition) is 7. The van der Waals surface area contributed by atoms with E-state index in [0.29, 0.717) is 37.0 Å². The normalized spacial score (nSPS) is 15.6. The molecular formula is C19H18BN3O7. The number of aryl methyl sites for hydroxylation is 1. The van der Waals surface area contributed by atoms with Gasteiger partial charge < -0.3 is 24.4 Å². The van der Waals surface area contributed by atoms with E-state index >= 15 is 0 Å². The van der Waals surface area contributed by atoms with E-state index in [4.69, 9.17) is 14.8 Å². The Kier molecular flexibility index (Phi) is 5.04. The zero-order valence-electron chi connectivity index (χ0n) is 15.8. The summed E-state index contributed by atoms with van der Waals surface area (Å²) in [5.74, 6) is -0.813. The van der Waals surface area contributed by atoms with Crippen molar-refractivity contribution in [3.05, 3.63) is 63.2 Å². The molecule has 3 N–H and O–H groups in total. The van der Waals surface area contributed by atoms with E-state index < -0.39 is 18.0 Å². The van der Waals surface area contributed by atoms with Crippen molar-refractivity contribution in [1.82, 2.24) is 4.90 Å². The molecule has 2 aromatic carbocycles. The second-order valence-corrected chi connectivity index (χ2v) is 7.14. The molecule has 2 aliphatic rings. The first-order valence-corrected chi connectivity index (χ1v) is 9.32. The molecule has 0 spiro atoms. The molecule has 30 heavy (non-hydrogen) atoms. The number of aromatic carboxylic acids is 1. The largest absolute Gasteiger partial charge is 0.535 e. The maximum Gasteiger partial charge on any atom is 0.522 e. The fraction of sp³-hybridized carbons (Fsp3) is 0.263. The molecular weight excluding hydrogens is 393 g/mol. The highest BCUT2D eigenvalue weighted by atomic mass is 16.6. The highest BCUT2D eigenvalue weighted by molar-refractivity contribution is 6.44. The number of carboxylic acid groups (broad SMARTS) is 1. The van der Waals surface area contributed by atoms with Gasteiger partial charge in [0.15, 0.2) is 0 Å². The van der Waals surface area contributed by atoms with E-state index in [2.05, 4.69) is 0 Å². The highest BCUT2D eigenvalue weighted by Crippen LogP contribution is 2.37. The minimum absolute atomic E-state index is 0.0899. The van der Waals surface area contributed by atoms with Gasteiger partial charge in [0.25, 0.3) is 5.69 Å². The summed E-state index contributed by atoms with van der Waals surface area (Å²) >= 11 is 0. The van der Waals surface area contributed by atoms with Gasteiger partial charge in [0.05, 0.1) is 18.0 Å². The Labute approximate surface area is 171 Å². The minimum atomic E-state index is -1.21. The van der Waals surface area contributed by atoms with Gasteiger partial charge in [0.2, 0.25) is 0 Å². The molecule has 0 bridgehead atoms. The summed E-state index contributed by atoms with van der Waals surface area (Å²) in [6, 6.07) is 9.16. The Morgan fingerprint density at radius 2 is 2.10 bits per heavy atom. The second kappa shape index (κ2) is 7.67. The van der Waals surface area contributed by atoms with Crippen LogP contribution in [-0.2, 0) is 6.42 Å². The first-order chi connectivity index (χ1) is 14.3. The van der Waals surface area contributed by atoms with E-state index in [1.165, 1.54) is 18.2 Å². The summed E-state index contributed by atoms with van der Waals surface area (Å²) in [5.41, 5.74) is 0.907. The fourth-order valence-electron chi connectivity index (χ4n) is 3.54. The van der Waals surface area contributed by atoms with Crippen LogP contribution in [0.1, 0.15) is 21.5 Å². The Bertz CT molecular complexity index is 1040. The van der Waals surface area contributed by atoms with Crippen molar-refractivity contribution in [2.24, 2.45) is 0 Å². The molecule has 0 radical (unpaired) electrons. The van der Waals surface area contributed by atoms with Gasteiger partial charge in [-0.2, -0.15) is 0 Å². The molecule has 11 heteroatoms. The van der Waals surface area contributed by atoms with Crippen LogP contribution in [0.5, 0.6) is 11.5 Å². The number of ether oxygens (including phenoxy) is 1. The Morgan fingerprint density at radius 3 is 2.80 bits per heavy atom. The Balaban J connectivity index is 1.46. The molecule has 0 amide bonds. The molecule has 2 heterocycles. The fourth-order valence-corrected chi connectivity index (χ4v) is 3.54. The number of nitro benzene ring substituents is 1. The van der Waals surface area contributed by atoms with Crippen molar-refractivity contribution < 1.29 is 29.2 Å². The first kappa shape index (κ1) is 19.7. The summed E-state index contributed by atoms with van der Waals surface area (Å²) in [5, 5.41) is 38.5. The number of fused-ring (bicyclic) bond motifs is 1. The molecule has 2 aliphatic heterocycles. The van der Waals surface area contributed by atoms with Crippen molar-refractivity contribution in [3.8, 4) is 11.5 Å². The van der Waals surface area contributed by atoms with Gasteiger partial charge >= 0.3 is 13.1 Å². The minimum Gasteiger partial charge on any atom is -0.535 e. The van der Waals surface area contributed by atoms with Gasteiger partial charge in [-0.15, -0.1) is 0 Å². The quantitative estimate of drug-likeness (QED) is 0.222. The van der Waals surface area contributed by atoms with Crippen molar-refractivity contribution in [2.75, 3.05) is 13.1 Å². The molecule has 0 aliphatic carbocycles. The van der Waals surface area contributed by atoms with E-state index in [-0.39, 0.29) is 34.7 Å². The average Bonchev–Trinajstić information content (AvgIpc) is 2.69. The van der Waals surface area contributed by atoms with Gasteiger partial charge in [-0.05, 0) is 24.4 Å². The summed E-state index contributed by atoms with van der Waals surface area (Å²) in [6.07, 6.45) is 0.548. The zero-order chi connectivity index (χ0) is 21.4. The standard InChI is InChI=1S/C19H18BN3O7/c21-18(12-2-1-3-13(8-12)23(27)28)22-9-14(10-22)29-15-5-4-11-6-7-20(26)30-17(11)16(15)19(24)25/h1-5,8,14,21,26H,6-7,9-10H2,(H,24,25). The smallest absolute Gasteiger partial charge is 0.522 e. The lowest BCUT2D eigenvalue weighted by Gasteiger charge is -2.41. The maximum absolute atomic E-state index is 11.8. The van der Waals surface area contributed by atoms with Gasteiger partial charge in [0.1, 0.15) is 29.0 Å². The number of nitrogens with zero attached hydrogens (tertiary/aromatic N) is 2. The van der Waals surface area contributed by atoms with Gasteiger partial charge in [0, 0.05) is 17.7 Å². The van der Waals surface area contributed by atoms with Crippen LogP contribution in [0.2, 0.25) is 6.32 Å². The van der Waals surface area contributed by atoms with Crippen LogP contribution in [0.25, 0.3) is 0 Å². The van der Waals surface area contributed by atoms with Gasteiger partial charge in [-0.25, -0.2) is 4.79 Å². The molecule has 1 fully saturated rings. The van der Waals surface area contributed by atoms with Crippen LogP contribution in [0.3, 0.4) is 0 Å². The van der Waals surface area contributed by atoms with Crippen molar-refractivity contribution in [1.29, 1.82) is 5.41 Å². The lowest BCUT2D eigenvalue weighted by Crippen LogP contribution is -2.56. The second-order valence-electron chi connectivity index (χ2n) is 7.14. The molecule has 2 aromatic rings. The van der Waals surface area contributed by atoms with Crippen LogP contribution in [0.4, 0.5) is 5.69 Å². The predicted molar refractivity (Wildman–Crippen MR) is 106 cm³/mol. The third-order valence-electron chi connectivity index (χ3n) is 5.12. The lowest BCUT2D eigenvalue weighted by molar-refractivity contribution is -0.384. The topological polar surface area (TPSA) is 146 Å². The van der Waals surface area contributed by atoms with Crippen LogP contribution < -0.4 is 9.39 Å². The van der Waals surface area contributed by atoms with E-state index in [1.54, 1.807) is 23.1 Å². The number of amidine groups is 1. The van der Waals surface area contributed by atoms with Gasteiger partial charge in [-0.1, -0.05) is 18.2 Å². The maximum atomic E-state index is 11.8. The van der Waals surface area contributed by atoms with E-state index in [0.717, 1.165) is 0 Å². The molecule has 1 saturated heterocycles. The van der Waals surface area contributed by atoms with Gasteiger partial charge in [-0.3, -0.25) is 15.5 Å². The summed E-state index contributed by atoms with van der Waals surface area (Å²) in [6.45, 7) is 0.669. The summed E-state index contributed by atoms with van der Waals surface area (Å²) < 4.78 is 11.2.